The quantitative estimate of drug-likeness (QED) is 0.876. The van der Waals surface area contributed by atoms with E-state index in [4.69, 9.17) is 0 Å². The van der Waals surface area contributed by atoms with Crippen LogP contribution >= 0.6 is 0 Å². The maximum atomic E-state index is 12.2. The van der Waals surface area contributed by atoms with Crippen LogP contribution in [0.4, 0.5) is 0 Å². The Morgan fingerprint density at radius 2 is 1.74 bits per heavy atom. The molecule has 0 aliphatic heterocycles. The largest absolute Gasteiger partial charge is 0.395 e. The third-order valence-electron chi connectivity index (χ3n) is 3.80. The van der Waals surface area contributed by atoms with Gasteiger partial charge in [0.15, 0.2) is 0 Å². The molecule has 1 aromatic carbocycles. The molecule has 1 unspecified atom stereocenters. The Morgan fingerprint density at radius 1 is 1.16 bits per heavy atom. The van der Waals surface area contributed by atoms with Crippen LogP contribution in [0.25, 0.3) is 0 Å². The number of aliphatic hydroxyl groups is 2. The van der Waals surface area contributed by atoms with Crippen molar-refractivity contribution < 1.29 is 15.0 Å². The molecule has 0 spiro atoms. The summed E-state index contributed by atoms with van der Waals surface area (Å²) in [5, 5.41) is 18.6. The number of hydrogen-bond donors (Lipinski definition) is 2. The van der Waals surface area contributed by atoms with Crippen molar-refractivity contribution in [2.75, 3.05) is 13.2 Å². The van der Waals surface area contributed by atoms with Crippen LogP contribution in [0.1, 0.15) is 32.3 Å². The summed E-state index contributed by atoms with van der Waals surface area (Å²) in [4.78, 5) is 12.2. The van der Waals surface area contributed by atoms with Gasteiger partial charge in [-0.25, -0.2) is 0 Å². The van der Waals surface area contributed by atoms with Gasteiger partial charge in [0, 0.05) is 5.92 Å². The molecule has 2 N–H and O–H groups in total. The first-order valence-electron chi connectivity index (χ1n) is 7.02. The third kappa shape index (κ3) is 3.43. The summed E-state index contributed by atoms with van der Waals surface area (Å²) < 4.78 is 0. The molecule has 1 fully saturated rings. The van der Waals surface area contributed by atoms with Gasteiger partial charge in [-0.3, -0.25) is 4.79 Å². The number of rotatable bonds is 4. The van der Waals surface area contributed by atoms with Crippen molar-refractivity contribution in [2.45, 2.75) is 33.1 Å². The number of hydrogen-bond acceptors (Lipinski definition) is 3. The third-order valence-corrected chi connectivity index (χ3v) is 3.80. The van der Waals surface area contributed by atoms with E-state index in [-0.39, 0.29) is 24.9 Å². The van der Waals surface area contributed by atoms with Gasteiger partial charge in [0.2, 0.25) is 0 Å². The molecule has 0 radical (unpaired) electrons. The zero-order valence-corrected chi connectivity index (χ0v) is 11.8. The van der Waals surface area contributed by atoms with E-state index in [1.165, 1.54) is 0 Å². The molecule has 1 aromatic rings. The summed E-state index contributed by atoms with van der Waals surface area (Å²) in [5.41, 5.74) is 0.247. The molecule has 2 rings (SSSR count). The number of carbonyl (C=O) groups excluding carboxylic acids is 1. The zero-order valence-electron chi connectivity index (χ0n) is 11.8. The van der Waals surface area contributed by atoms with E-state index < -0.39 is 5.41 Å². The molecule has 0 saturated heterocycles. The van der Waals surface area contributed by atoms with E-state index in [0.29, 0.717) is 12.8 Å². The van der Waals surface area contributed by atoms with Crippen molar-refractivity contribution in [1.29, 1.82) is 0 Å². The highest BCUT2D eigenvalue weighted by atomic mass is 16.3. The lowest BCUT2D eigenvalue weighted by Crippen LogP contribution is -2.36. The lowest BCUT2D eigenvalue weighted by atomic mass is 9.84. The van der Waals surface area contributed by atoms with E-state index in [1.807, 2.05) is 44.2 Å². The number of Topliss-reactive ketones (excluding diaryl/α,β-unsaturated/α-hetero) is 1. The topological polar surface area (TPSA) is 57.5 Å². The second kappa shape index (κ2) is 7.41. The Kier molecular flexibility index (Phi) is 6.19. The van der Waals surface area contributed by atoms with Crippen LogP contribution in [-0.4, -0.2) is 29.2 Å². The van der Waals surface area contributed by atoms with Crippen molar-refractivity contribution in [3.8, 4) is 0 Å². The molecule has 0 amide bonds. The molecule has 1 saturated carbocycles. The van der Waals surface area contributed by atoms with Crippen LogP contribution < -0.4 is 0 Å². The Hall–Kier alpha value is -1.19. The predicted octanol–water partition coefficient (Wildman–Crippen LogP) is 2.21. The fourth-order valence-corrected chi connectivity index (χ4v) is 2.60. The molecule has 3 heteroatoms. The van der Waals surface area contributed by atoms with Crippen LogP contribution in [0, 0.1) is 11.3 Å². The van der Waals surface area contributed by atoms with Crippen LogP contribution in [-0.2, 0) is 11.2 Å². The van der Waals surface area contributed by atoms with Crippen molar-refractivity contribution >= 4 is 5.78 Å². The molecule has 19 heavy (non-hydrogen) atoms. The smallest absolute Gasteiger partial charge is 0.147 e. The van der Waals surface area contributed by atoms with Crippen molar-refractivity contribution in [3.63, 3.8) is 0 Å². The zero-order chi connectivity index (χ0) is 14.3. The van der Waals surface area contributed by atoms with Gasteiger partial charge in [-0.05, 0) is 24.8 Å². The van der Waals surface area contributed by atoms with Gasteiger partial charge in [0.05, 0.1) is 18.6 Å². The van der Waals surface area contributed by atoms with Gasteiger partial charge in [-0.2, -0.15) is 0 Å². The second-order valence-corrected chi connectivity index (χ2v) is 4.89. The van der Waals surface area contributed by atoms with E-state index in [9.17, 15) is 15.0 Å². The molecule has 1 aliphatic carbocycles. The Bertz CT molecular complexity index is 382. The van der Waals surface area contributed by atoms with E-state index in [0.717, 1.165) is 12.0 Å². The summed E-state index contributed by atoms with van der Waals surface area (Å²) in [6.07, 6.45) is 2.06. The molecule has 1 atom stereocenters. The average Bonchev–Trinajstić information content (AvgIpc) is 2.80. The fourth-order valence-electron chi connectivity index (χ4n) is 2.60. The standard InChI is InChI=1S/C14H18O3.C2H6/c15-9-14(10-16)7-6-12(13(14)17)8-11-4-2-1-3-5-11;1-2/h1-5,12,15-16H,6-10H2;1-2H3. The predicted molar refractivity (Wildman–Crippen MR) is 75.8 cm³/mol. The molecule has 0 bridgehead atoms. The summed E-state index contributed by atoms with van der Waals surface area (Å²) in [6.45, 7) is 3.52. The highest BCUT2D eigenvalue weighted by molar-refractivity contribution is 5.89. The van der Waals surface area contributed by atoms with Gasteiger partial charge in [-0.15, -0.1) is 0 Å². The second-order valence-electron chi connectivity index (χ2n) is 4.89. The van der Waals surface area contributed by atoms with Gasteiger partial charge in [-0.1, -0.05) is 44.2 Å². The summed E-state index contributed by atoms with van der Waals surface area (Å²) in [6, 6.07) is 9.88. The van der Waals surface area contributed by atoms with Crippen molar-refractivity contribution in [2.24, 2.45) is 11.3 Å². The van der Waals surface area contributed by atoms with Gasteiger partial charge >= 0.3 is 0 Å². The SMILES string of the molecule is CC.O=C1C(Cc2ccccc2)CCC1(CO)CO. The first-order valence-corrected chi connectivity index (χ1v) is 7.02. The average molecular weight is 264 g/mol. The monoisotopic (exact) mass is 264 g/mol. The minimum absolute atomic E-state index is 0.0198. The highest BCUT2D eigenvalue weighted by Gasteiger charge is 2.46. The molecule has 106 valence electrons. The molecule has 3 nitrogen and oxygen atoms in total. The molecule has 0 aromatic heterocycles. The molecule has 1 aliphatic rings. The van der Waals surface area contributed by atoms with E-state index in [1.54, 1.807) is 0 Å². The minimum atomic E-state index is -0.889. The summed E-state index contributed by atoms with van der Waals surface area (Å²) in [7, 11) is 0. The maximum absolute atomic E-state index is 12.2. The van der Waals surface area contributed by atoms with Crippen molar-refractivity contribution in [3.05, 3.63) is 35.9 Å². The highest BCUT2D eigenvalue weighted by Crippen LogP contribution is 2.39. The Balaban J connectivity index is 0.000000861. The lowest BCUT2D eigenvalue weighted by Gasteiger charge is -2.22. The molecular weight excluding hydrogens is 240 g/mol. The molecule has 0 heterocycles. The van der Waals surface area contributed by atoms with E-state index in [2.05, 4.69) is 0 Å². The summed E-state index contributed by atoms with van der Waals surface area (Å²) >= 11 is 0. The number of benzene rings is 1. The first-order chi connectivity index (χ1) is 9.22. The van der Waals surface area contributed by atoms with Crippen LogP contribution in [0.15, 0.2) is 30.3 Å². The first kappa shape index (κ1) is 15.9. The number of carbonyl (C=O) groups is 1. The fraction of sp³-hybridized carbons (Fsp3) is 0.562. The minimum Gasteiger partial charge on any atom is -0.395 e. The Morgan fingerprint density at radius 3 is 2.21 bits per heavy atom. The van der Waals surface area contributed by atoms with Crippen molar-refractivity contribution in [1.82, 2.24) is 0 Å². The maximum Gasteiger partial charge on any atom is 0.147 e. The number of aliphatic hydroxyl groups excluding tert-OH is 2. The van der Waals surface area contributed by atoms with Gasteiger partial charge in [0.25, 0.3) is 0 Å². The van der Waals surface area contributed by atoms with Gasteiger partial charge < -0.3 is 10.2 Å². The Labute approximate surface area is 115 Å². The van der Waals surface area contributed by atoms with Crippen LogP contribution in [0.5, 0.6) is 0 Å². The summed E-state index contributed by atoms with van der Waals surface area (Å²) in [5.74, 6) is -0.0388. The molecular formula is C16H24O3. The van der Waals surface area contributed by atoms with Gasteiger partial charge in [0.1, 0.15) is 5.78 Å². The van der Waals surface area contributed by atoms with Crippen LogP contribution in [0.3, 0.4) is 0 Å². The van der Waals surface area contributed by atoms with Crippen LogP contribution in [0.2, 0.25) is 0 Å². The lowest BCUT2D eigenvalue weighted by molar-refractivity contribution is -0.133. The number of ketones is 1. The normalized spacial score (nSPS) is 20.8. The van der Waals surface area contributed by atoms with E-state index >= 15 is 0 Å².